The van der Waals surface area contributed by atoms with Crippen molar-refractivity contribution in [3.63, 3.8) is 0 Å². The number of tetrazole rings is 1. The van der Waals surface area contributed by atoms with Gasteiger partial charge in [-0.05, 0) is 25.0 Å². The summed E-state index contributed by atoms with van der Waals surface area (Å²) in [6.45, 7) is 1.17. The van der Waals surface area contributed by atoms with E-state index < -0.39 is 0 Å². The zero-order valence-electron chi connectivity index (χ0n) is 11.0. The van der Waals surface area contributed by atoms with Crippen LogP contribution in [0.5, 0.6) is 0 Å². The van der Waals surface area contributed by atoms with Crippen molar-refractivity contribution in [1.29, 1.82) is 0 Å². The van der Waals surface area contributed by atoms with Crippen LogP contribution in [0.3, 0.4) is 0 Å². The first kappa shape index (κ1) is 14.2. The lowest BCUT2D eigenvalue weighted by atomic mass is 9.97. The van der Waals surface area contributed by atoms with Crippen LogP contribution in [0, 0.1) is 0 Å². The highest BCUT2D eigenvalue weighted by atomic mass is 35.5. The molecule has 1 atom stereocenters. The number of likely N-dealkylation sites (tertiary alicyclic amines) is 1. The van der Waals surface area contributed by atoms with Crippen molar-refractivity contribution in [2.24, 2.45) is 0 Å². The number of aromatic nitrogens is 5. The lowest BCUT2D eigenvalue weighted by Crippen LogP contribution is -2.39. The zero-order valence-corrected chi connectivity index (χ0v) is 12.5. The largest absolute Gasteiger partial charge is 0.337 e. The van der Waals surface area contributed by atoms with Crippen molar-refractivity contribution < 1.29 is 4.79 Å². The Morgan fingerprint density at radius 2 is 2.24 bits per heavy atom. The Hall–Kier alpha value is -1.73. The van der Waals surface area contributed by atoms with Gasteiger partial charge >= 0.3 is 0 Å². The van der Waals surface area contributed by atoms with Gasteiger partial charge < -0.3 is 4.90 Å². The van der Waals surface area contributed by atoms with Gasteiger partial charge in [0.05, 0.1) is 5.02 Å². The molecule has 7 nitrogen and oxygen atoms in total. The van der Waals surface area contributed by atoms with Gasteiger partial charge in [0.1, 0.15) is 10.8 Å². The summed E-state index contributed by atoms with van der Waals surface area (Å²) in [6.07, 6.45) is 1.78. The predicted molar refractivity (Wildman–Crippen MR) is 76.3 cm³/mol. The highest BCUT2D eigenvalue weighted by Crippen LogP contribution is 2.26. The maximum absolute atomic E-state index is 12.5. The average molecular weight is 327 g/mol. The van der Waals surface area contributed by atoms with Gasteiger partial charge in [-0.3, -0.25) is 4.79 Å². The highest BCUT2D eigenvalue weighted by Gasteiger charge is 2.29. The Labute approximate surface area is 130 Å². The third-order valence-corrected chi connectivity index (χ3v) is 3.97. The molecule has 110 valence electrons. The summed E-state index contributed by atoms with van der Waals surface area (Å²) >= 11 is 11.9. The topological polar surface area (TPSA) is 87.7 Å². The molecule has 0 aromatic carbocycles. The minimum absolute atomic E-state index is 0.0689. The minimum atomic E-state index is -0.226. The van der Waals surface area contributed by atoms with Gasteiger partial charge in [0.15, 0.2) is 5.82 Å². The number of halogens is 2. The Balaban J connectivity index is 1.79. The Morgan fingerprint density at radius 1 is 1.38 bits per heavy atom. The molecular weight excluding hydrogens is 315 g/mol. The molecule has 1 N–H and O–H groups in total. The van der Waals surface area contributed by atoms with Gasteiger partial charge in [-0.25, -0.2) is 4.98 Å². The fourth-order valence-corrected chi connectivity index (χ4v) is 2.77. The van der Waals surface area contributed by atoms with E-state index in [0.717, 1.165) is 12.8 Å². The Bertz CT molecular complexity index is 647. The number of piperidine rings is 1. The highest BCUT2D eigenvalue weighted by molar-refractivity contribution is 6.34. The molecule has 0 bridgehead atoms. The fourth-order valence-electron chi connectivity index (χ4n) is 2.43. The van der Waals surface area contributed by atoms with E-state index >= 15 is 0 Å². The molecule has 0 aliphatic carbocycles. The molecule has 1 aliphatic rings. The maximum Gasteiger partial charge on any atom is 0.274 e. The number of nitrogens with one attached hydrogen (secondary N) is 1. The molecule has 9 heteroatoms. The monoisotopic (exact) mass is 326 g/mol. The second-order valence-electron chi connectivity index (χ2n) is 4.82. The lowest BCUT2D eigenvalue weighted by molar-refractivity contribution is 0.0698. The number of amides is 1. The van der Waals surface area contributed by atoms with E-state index in [0.29, 0.717) is 23.9 Å². The number of rotatable bonds is 2. The summed E-state index contributed by atoms with van der Waals surface area (Å²) < 4.78 is 0. The van der Waals surface area contributed by atoms with Gasteiger partial charge in [-0.15, -0.1) is 10.2 Å². The van der Waals surface area contributed by atoms with Crippen LogP contribution in [0.25, 0.3) is 0 Å². The molecule has 1 aliphatic heterocycles. The van der Waals surface area contributed by atoms with Gasteiger partial charge in [-0.1, -0.05) is 28.4 Å². The van der Waals surface area contributed by atoms with E-state index in [1.807, 2.05) is 0 Å². The smallest absolute Gasteiger partial charge is 0.274 e. The summed E-state index contributed by atoms with van der Waals surface area (Å²) in [7, 11) is 0. The van der Waals surface area contributed by atoms with E-state index in [1.54, 1.807) is 17.0 Å². The molecule has 3 rings (SSSR count). The van der Waals surface area contributed by atoms with Crippen LogP contribution in [-0.2, 0) is 0 Å². The van der Waals surface area contributed by atoms with Crippen LogP contribution in [0.2, 0.25) is 10.2 Å². The first-order valence-electron chi connectivity index (χ1n) is 6.50. The maximum atomic E-state index is 12.5. The quantitative estimate of drug-likeness (QED) is 0.852. The van der Waals surface area contributed by atoms with E-state index in [2.05, 4.69) is 25.6 Å². The fraction of sp³-hybridized carbons (Fsp3) is 0.417. The molecule has 1 saturated heterocycles. The molecule has 2 aromatic heterocycles. The molecule has 3 heterocycles. The van der Waals surface area contributed by atoms with E-state index in [1.165, 1.54) is 0 Å². The minimum Gasteiger partial charge on any atom is -0.337 e. The number of aromatic amines is 1. The first-order chi connectivity index (χ1) is 10.1. The summed E-state index contributed by atoms with van der Waals surface area (Å²) in [5.41, 5.74) is 0.179. The molecule has 0 saturated carbocycles. The molecule has 1 fully saturated rings. The van der Waals surface area contributed by atoms with Crippen LogP contribution in [0.4, 0.5) is 0 Å². The van der Waals surface area contributed by atoms with Crippen molar-refractivity contribution in [3.8, 4) is 0 Å². The van der Waals surface area contributed by atoms with Gasteiger partial charge in [0.2, 0.25) is 0 Å². The standard InChI is InChI=1S/C12H12Cl2N6O/c13-8-3-4-9(14)15-10(8)12(21)20-5-1-2-7(6-20)11-16-18-19-17-11/h3-4,7H,1-2,5-6H2,(H,16,17,18,19)/t7-/m1/s1. The van der Waals surface area contributed by atoms with E-state index in [9.17, 15) is 4.79 Å². The number of carbonyl (C=O) groups excluding carboxylic acids is 1. The summed E-state index contributed by atoms with van der Waals surface area (Å²) in [5.74, 6) is 0.466. The second kappa shape index (κ2) is 5.95. The van der Waals surface area contributed by atoms with Gasteiger partial charge in [-0.2, -0.15) is 5.21 Å². The summed E-state index contributed by atoms with van der Waals surface area (Å²) in [5, 5.41) is 14.5. The molecular formula is C12H12Cl2N6O. The van der Waals surface area contributed by atoms with Crippen LogP contribution in [0.1, 0.15) is 35.1 Å². The van der Waals surface area contributed by atoms with Crippen molar-refractivity contribution in [2.75, 3.05) is 13.1 Å². The molecule has 2 aromatic rings. The van der Waals surface area contributed by atoms with Crippen LogP contribution < -0.4 is 0 Å². The number of carbonyl (C=O) groups is 1. The lowest BCUT2D eigenvalue weighted by Gasteiger charge is -2.31. The number of H-pyrrole nitrogens is 1. The second-order valence-corrected chi connectivity index (χ2v) is 5.62. The zero-order chi connectivity index (χ0) is 14.8. The van der Waals surface area contributed by atoms with Gasteiger partial charge in [0, 0.05) is 19.0 Å². The summed E-state index contributed by atoms with van der Waals surface area (Å²) in [6, 6.07) is 3.13. The molecule has 21 heavy (non-hydrogen) atoms. The Morgan fingerprint density at radius 3 is 3.00 bits per heavy atom. The number of hydrogen-bond donors (Lipinski definition) is 1. The van der Waals surface area contributed by atoms with Crippen molar-refractivity contribution in [1.82, 2.24) is 30.5 Å². The number of nitrogens with zero attached hydrogens (tertiary/aromatic N) is 5. The number of pyridine rings is 1. The molecule has 1 amide bonds. The molecule has 0 unspecified atom stereocenters. The van der Waals surface area contributed by atoms with Gasteiger partial charge in [0.25, 0.3) is 5.91 Å². The van der Waals surface area contributed by atoms with Crippen molar-refractivity contribution in [3.05, 3.63) is 33.8 Å². The normalized spacial score (nSPS) is 18.8. The molecule has 0 radical (unpaired) electrons. The predicted octanol–water partition coefficient (Wildman–Crippen LogP) is 1.92. The number of hydrogen-bond acceptors (Lipinski definition) is 5. The first-order valence-corrected chi connectivity index (χ1v) is 7.25. The van der Waals surface area contributed by atoms with E-state index in [-0.39, 0.29) is 22.7 Å². The molecule has 0 spiro atoms. The third kappa shape index (κ3) is 2.98. The average Bonchev–Trinajstić information content (AvgIpc) is 3.03. The van der Waals surface area contributed by atoms with Crippen LogP contribution >= 0.6 is 23.2 Å². The Kier molecular flexibility index (Phi) is 4.03. The van der Waals surface area contributed by atoms with Crippen LogP contribution in [-0.4, -0.2) is 49.5 Å². The van der Waals surface area contributed by atoms with Crippen LogP contribution in [0.15, 0.2) is 12.1 Å². The van der Waals surface area contributed by atoms with Crippen molar-refractivity contribution >= 4 is 29.1 Å². The third-order valence-electron chi connectivity index (χ3n) is 3.45. The van der Waals surface area contributed by atoms with E-state index in [4.69, 9.17) is 23.2 Å². The summed E-state index contributed by atoms with van der Waals surface area (Å²) in [4.78, 5) is 18.3. The SMILES string of the molecule is O=C(c1nc(Cl)ccc1Cl)N1CCC[C@@H](c2nn[nH]n2)C1. The van der Waals surface area contributed by atoms with Crippen molar-refractivity contribution in [2.45, 2.75) is 18.8 Å².